The summed E-state index contributed by atoms with van der Waals surface area (Å²) in [6, 6.07) is 35.9. The van der Waals surface area contributed by atoms with Gasteiger partial charge >= 0.3 is 0 Å². The van der Waals surface area contributed by atoms with E-state index in [4.69, 9.17) is 14.4 Å². The molecule has 0 saturated heterocycles. The van der Waals surface area contributed by atoms with Gasteiger partial charge in [-0.05, 0) is 92.6 Å². The van der Waals surface area contributed by atoms with Gasteiger partial charge in [0.15, 0.2) is 5.58 Å². The maximum Gasteiger partial charge on any atom is 0.227 e. The molecule has 2 aromatic heterocycles. The maximum atomic E-state index is 11.8. The van der Waals surface area contributed by atoms with Crippen LogP contribution in [0.3, 0.4) is 0 Å². The van der Waals surface area contributed by atoms with E-state index in [2.05, 4.69) is 135 Å². The molecule has 0 aliphatic heterocycles. The predicted octanol–water partition coefficient (Wildman–Crippen LogP) is 12.6. The van der Waals surface area contributed by atoms with E-state index in [9.17, 15) is 5.11 Å². The highest BCUT2D eigenvalue weighted by atomic mass is 16.3. The molecule has 50 heavy (non-hydrogen) atoms. The second kappa shape index (κ2) is 12.0. The fourth-order valence-electron chi connectivity index (χ4n) is 6.68. The topological polar surface area (TPSA) is 59.2 Å². The molecule has 0 fully saturated rings. The van der Waals surface area contributed by atoms with Crippen LogP contribution < -0.4 is 0 Å². The molecule has 0 aliphatic carbocycles. The summed E-state index contributed by atoms with van der Waals surface area (Å²) >= 11 is 0. The molecule has 7 rings (SSSR count). The van der Waals surface area contributed by atoms with Gasteiger partial charge in [-0.25, -0.2) is 4.98 Å². The molecule has 4 nitrogen and oxygen atoms in total. The summed E-state index contributed by atoms with van der Waals surface area (Å²) < 4.78 is 6.59. The van der Waals surface area contributed by atoms with Crippen LogP contribution in [0, 0.1) is 0 Å². The fourth-order valence-corrected chi connectivity index (χ4v) is 6.68. The molecular formula is C46H46N2O2. The quantitative estimate of drug-likeness (QED) is 0.204. The molecule has 7 aromatic rings. The monoisotopic (exact) mass is 658 g/mol. The van der Waals surface area contributed by atoms with Crippen molar-refractivity contribution in [2.75, 3.05) is 0 Å². The minimum Gasteiger partial charge on any atom is -0.507 e. The first-order valence-corrected chi connectivity index (χ1v) is 17.5. The Morgan fingerprint density at radius 3 is 1.88 bits per heavy atom. The highest BCUT2D eigenvalue weighted by Crippen LogP contribution is 2.45. The standard InChI is InChI=1S/C46H46N2O2/c1-44(2,3)33-24-29-17-14-20-47-40(29)36(25-33)31-21-30(28-15-11-10-12-16-28)22-32(23-31)43-48-41-35(18-13-19-39(41)50-43)37-26-34(45(4,5)6)27-38(42(37)49)46(7,8)9/h10-27,49H,1-9H3. The van der Waals surface area contributed by atoms with Crippen molar-refractivity contribution in [3.05, 3.63) is 126 Å². The third kappa shape index (κ3) is 6.20. The van der Waals surface area contributed by atoms with E-state index < -0.39 is 0 Å². The first-order chi connectivity index (χ1) is 23.6. The Morgan fingerprint density at radius 1 is 0.520 bits per heavy atom. The molecule has 0 spiro atoms. The van der Waals surface area contributed by atoms with E-state index in [0.29, 0.717) is 11.5 Å². The zero-order chi connectivity index (χ0) is 35.6. The van der Waals surface area contributed by atoms with Gasteiger partial charge in [-0.1, -0.05) is 117 Å². The summed E-state index contributed by atoms with van der Waals surface area (Å²) in [4.78, 5) is 10.0. The SMILES string of the molecule is CC(C)(C)c1cc(-c2cccc3oc(-c4cc(-c5ccccc5)cc(-c5cc(C(C)(C)C)cc6cccnc56)c4)nc23)c(O)c(C(C)(C)C)c1. The van der Waals surface area contributed by atoms with Gasteiger partial charge in [0.2, 0.25) is 5.89 Å². The van der Waals surface area contributed by atoms with E-state index in [1.54, 1.807) is 0 Å². The van der Waals surface area contributed by atoms with Crippen molar-refractivity contribution in [2.45, 2.75) is 78.6 Å². The van der Waals surface area contributed by atoms with Gasteiger partial charge in [-0.3, -0.25) is 4.98 Å². The average molecular weight is 659 g/mol. The first kappa shape index (κ1) is 33.3. The van der Waals surface area contributed by atoms with Crippen LogP contribution in [-0.2, 0) is 16.2 Å². The van der Waals surface area contributed by atoms with Crippen LogP contribution in [0.5, 0.6) is 5.75 Å². The number of nitrogens with zero attached hydrogens (tertiary/aromatic N) is 2. The number of oxazole rings is 1. The molecule has 252 valence electrons. The summed E-state index contributed by atoms with van der Waals surface area (Å²) in [5.74, 6) is 0.812. The Kier molecular flexibility index (Phi) is 7.98. The number of benzene rings is 5. The van der Waals surface area contributed by atoms with Gasteiger partial charge in [0.25, 0.3) is 0 Å². The number of hydrogen-bond donors (Lipinski definition) is 1. The summed E-state index contributed by atoms with van der Waals surface area (Å²) in [7, 11) is 0. The lowest BCUT2D eigenvalue weighted by atomic mass is 9.78. The van der Waals surface area contributed by atoms with Crippen LogP contribution in [0.15, 0.2) is 114 Å². The van der Waals surface area contributed by atoms with E-state index >= 15 is 0 Å². The molecule has 0 atom stereocenters. The molecule has 0 amide bonds. The summed E-state index contributed by atoms with van der Waals surface area (Å²) in [6.07, 6.45) is 1.86. The maximum absolute atomic E-state index is 11.8. The first-order valence-electron chi connectivity index (χ1n) is 17.5. The summed E-state index contributed by atoms with van der Waals surface area (Å²) in [6.45, 7) is 19.8. The Labute approximate surface area is 295 Å². The van der Waals surface area contributed by atoms with Gasteiger partial charge in [-0.15, -0.1) is 0 Å². The number of para-hydroxylation sites is 1. The Balaban J connectivity index is 1.47. The van der Waals surface area contributed by atoms with Crippen LogP contribution in [-0.4, -0.2) is 15.1 Å². The number of fused-ring (bicyclic) bond motifs is 2. The third-order valence-corrected chi connectivity index (χ3v) is 9.66. The largest absolute Gasteiger partial charge is 0.507 e. The molecule has 0 unspecified atom stereocenters. The molecule has 0 bridgehead atoms. The van der Waals surface area contributed by atoms with E-state index in [-0.39, 0.29) is 22.0 Å². The number of phenols is 1. The van der Waals surface area contributed by atoms with E-state index in [0.717, 1.165) is 66.5 Å². The van der Waals surface area contributed by atoms with Crippen LogP contribution in [0.1, 0.15) is 79.0 Å². The Hall–Kier alpha value is -5.22. The highest BCUT2D eigenvalue weighted by Gasteiger charge is 2.27. The Morgan fingerprint density at radius 2 is 1.18 bits per heavy atom. The van der Waals surface area contributed by atoms with Crippen molar-refractivity contribution in [3.63, 3.8) is 0 Å². The number of phenolic OH excluding ortho intramolecular Hbond substituents is 1. The number of pyridine rings is 1. The molecule has 2 heterocycles. The number of hydrogen-bond acceptors (Lipinski definition) is 4. The van der Waals surface area contributed by atoms with Crippen LogP contribution >= 0.6 is 0 Å². The van der Waals surface area contributed by atoms with Crippen molar-refractivity contribution in [1.82, 2.24) is 9.97 Å². The van der Waals surface area contributed by atoms with E-state index in [1.807, 2.05) is 36.5 Å². The smallest absolute Gasteiger partial charge is 0.227 e. The van der Waals surface area contributed by atoms with Gasteiger partial charge in [0.1, 0.15) is 11.3 Å². The summed E-state index contributed by atoms with van der Waals surface area (Å²) in [5, 5.41) is 12.9. The van der Waals surface area contributed by atoms with Crippen LogP contribution in [0.25, 0.3) is 66.8 Å². The molecule has 1 N–H and O–H groups in total. The molecule has 5 aromatic carbocycles. The third-order valence-electron chi connectivity index (χ3n) is 9.66. The second-order valence-corrected chi connectivity index (χ2v) is 16.6. The van der Waals surface area contributed by atoms with Gasteiger partial charge in [-0.2, -0.15) is 0 Å². The lowest BCUT2D eigenvalue weighted by molar-refractivity contribution is 0.446. The van der Waals surface area contributed by atoms with Crippen LogP contribution in [0.2, 0.25) is 0 Å². The normalized spacial score (nSPS) is 12.6. The molecular weight excluding hydrogens is 613 g/mol. The van der Waals surface area contributed by atoms with Crippen molar-refractivity contribution < 1.29 is 9.52 Å². The number of rotatable bonds is 4. The molecule has 4 heteroatoms. The van der Waals surface area contributed by atoms with Gasteiger partial charge in [0.05, 0.1) is 5.52 Å². The molecule has 0 radical (unpaired) electrons. The van der Waals surface area contributed by atoms with Gasteiger partial charge < -0.3 is 9.52 Å². The van der Waals surface area contributed by atoms with Crippen molar-refractivity contribution in [2.24, 2.45) is 0 Å². The van der Waals surface area contributed by atoms with Crippen LogP contribution in [0.4, 0.5) is 0 Å². The fraction of sp³-hybridized carbons (Fsp3) is 0.261. The zero-order valence-corrected chi connectivity index (χ0v) is 30.6. The highest BCUT2D eigenvalue weighted by molar-refractivity contribution is 5.97. The lowest BCUT2D eigenvalue weighted by Crippen LogP contribution is -2.17. The minimum atomic E-state index is -0.249. The number of aromatic hydroxyl groups is 1. The Bertz CT molecular complexity index is 2380. The minimum absolute atomic E-state index is 0.0436. The molecule has 0 aliphatic rings. The van der Waals surface area contributed by atoms with Crippen molar-refractivity contribution in [1.29, 1.82) is 0 Å². The lowest BCUT2D eigenvalue weighted by Gasteiger charge is -2.27. The van der Waals surface area contributed by atoms with E-state index in [1.165, 1.54) is 5.56 Å². The number of aromatic nitrogens is 2. The van der Waals surface area contributed by atoms with Gasteiger partial charge in [0, 0.05) is 39.4 Å². The second-order valence-electron chi connectivity index (χ2n) is 16.6. The zero-order valence-electron chi connectivity index (χ0n) is 30.6. The predicted molar refractivity (Wildman–Crippen MR) is 209 cm³/mol. The van der Waals surface area contributed by atoms with Crippen molar-refractivity contribution in [3.8, 4) is 50.6 Å². The summed E-state index contributed by atoms with van der Waals surface area (Å²) in [5.41, 5.74) is 12.0. The van der Waals surface area contributed by atoms with Crippen molar-refractivity contribution >= 4 is 22.0 Å². The molecule has 0 saturated carbocycles. The average Bonchev–Trinajstić information content (AvgIpc) is 3.52.